The fourth-order valence-electron chi connectivity index (χ4n) is 0.714. The average molecular weight is 177 g/mol. The molecule has 0 fully saturated rings. The summed E-state index contributed by atoms with van der Waals surface area (Å²) in [5.74, 6) is -3.23. The molecule has 70 valence electrons. The number of methoxy groups -OCH3 is 2. The summed E-state index contributed by atoms with van der Waals surface area (Å²) < 4.78 is 21.8. The molecule has 0 aromatic carbocycles. The molecule has 0 saturated heterocycles. The Kier molecular flexibility index (Phi) is 4.46. The van der Waals surface area contributed by atoms with Gasteiger partial charge in [-0.1, -0.05) is 0 Å². The van der Waals surface area contributed by atoms with Gasteiger partial charge in [0, 0.05) is 19.8 Å². The number of carbonyl (C=O) groups is 1. The molecule has 0 spiro atoms. The van der Waals surface area contributed by atoms with E-state index in [1.807, 2.05) is 0 Å². The Balaban J connectivity index is 4.62. The highest BCUT2D eigenvalue weighted by Crippen LogP contribution is 2.12. The molecule has 0 atom stereocenters. The Morgan fingerprint density at radius 2 is 1.83 bits per heavy atom. The van der Waals surface area contributed by atoms with Crippen molar-refractivity contribution < 1.29 is 23.8 Å². The summed E-state index contributed by atoms with van der Waals surface area (Å²) in [5.41, 5.74) is -0.153. The predicted molar refractivity (Wildman–Crippen MR) is 36.6 cm³/mol. The van der Waals surface area contributed by atoms with E-state index >= 15 is 0 Å². The maximum Gasteiger partial charge on any atom is 0.181 e. The molecule has 0 aliphatic heterocycles. The molecular weight excluding hydrogens is 167 g/mol. The summed E-state index contributed by atoms with van der Waals surface area (Å²) >= 11 is 0. The van der Waals surface area contributed by atoms with Gasteiger partial charge in [0.2, 0.25) is 0 Å². The van der Waals surface area contributed by atoms with Crippen molar-refractivity contribution in [2.45, 2.75) is 13.2 Å². The minimum atomic E-state index is -1.87. The summed E-state index contributed by atoms with van der Waals surface area (Å²) in [4.78, 5) is 10.0. The summed E-state index contributed by atoms with van der Waals surface area (Å²) in [5, 5.41) is 10.0. The third-order valence-corrected chi connectivity index (χ3v) is 1.31. The lowest BCUT2D eigenvalue weighted by molar-refractivity contribution is -0.301. The van der Waals surface area contributed by atoms with Crippen molar-refractivity contribution in [2.75, 3.05) is 14.2 Å². The van der Waals surface area contributed by atoms with Crippen LogP contribution in [-0.2, 0) is 14.3 Å². The van der Waals surface area contributed by atoms with Crippen molar-refractivity contribution in [3.05, 3.63) is 11.4 Å². The predicted octanol–water partition coefficient (Wildman–Crippen LogP) is -0.401. The van der Waals surface area contributed by atoms with Gasteiger partial charge in [-0.2, -0.15) is 0 Å². The van der Waals surface area contributed by atoms with Crippen molar-refractivity contribution in [3.63, 3.8) is 0 Å². The first-order valence-corrected chi connectivity index (χ1v) is 3.17. The van der Waals surface area contributed by atoms with E-state index < -0.39 is 18.1 Å². The maximum absolute atomic E-state index is 12.6. The molecule has 0 rings (SSSR count). The van der Waals surface area contributed by atoms with Crippen molar-refractivity contribution in [1.82, 2.24) is 0 Å². The zero-order valence-electron chi connectivity index (χ0n) is 7.09. The standard InChI is InChI=1S/C7H11FO4/c1-4(5(8)6(9)10)7(11-2)12-3/h7H,1-3H3,(H,9,10)/p-1/b5-4-. The number of ether oxygens (including phenoxy) is 2. The van der Waals surface area contributed by atoms with E-state index in [-0.39, 0.29) is 5.57 Å². The van der Waals surface area contributed by atoms with Gasteiger partial charge in [-0.25, -0.2) is 4.39 Å². The number of aliphatic carboxylic acids is 1. The van der Waals surface area contributed by atoms with Gasteiger partial charge in [-0.05, 0) is 6.92 Å². The Hall–Kier alpha value is -0.940. The van der Waals surface area contributed by atoms with Gasteiger partial charge in [0.25, 0.3) is 0 Å². The number of carboxylic acids is 1. The average Bonchev–Trinajstić information content (AvgIpc) is 2.05. The Labute approximate surface area is 69.6 Å². The smallest absolute Gasteiger partial charge is 0.181 e. The lowest BCUT2D eigenvalue weighted by Gasteiger charge is -2.15. The van der Waals surface area contributed by atoms with Crippen LogP contribution in [0.2, 0.25) is 0 Å². The highest BCUT2D eigenvalue weighted by Gasteiger charge is 2.13. The second kappa shape index (κ2) is 4.84. The molecule has 0 aliphatic rings. The topological polar surface area (TPSA) is 58.6 Å². The first kappa shape index (κ1) is 11.1. The lowest BCUT2D eigenvalue weighted by atomic mass is 10.2. The van der Waals surface area contributed by atoms with Crippen LogP contribution in [0.3, 0.4) is 0 Å². The van der Waals surface area contributed by atoms with Crippen molar-refractivity contribution in [1.29, 1.82) is 0 Å². The molecule has 12 heavy (non-hydrogen) atoms. The number of carboxylic acid groups (broad SMARTS) is 1. The summed E-state index contributed by atoms with van der Waals surface area (Å²) in [7, 11) is 2.56. The molecule has 0 amide bonds. The van der Waals surface area contributed by atoms with Crippen LogP contribution in [0, 0.1) is 0 Å². The molecule has 0 aliphatic carbocycles. The van der Waals surface area contributed by atoms with Crippen LogP contribution in [0.5, 0.6) is 0 Å². The summed E-state index contributed by atoms with van der Waals surface area (Å²) in [6.07, 6.45) is -0.983. The molecule has 4 nitrogen and oxygen atoms in total. The third-order valence-electron chi connectivity index (χ3n) is 1.31. The van der Waals surface area contributed by atoms with Gasteiger partial charge >= 0.3 is 0 Å². The van der Waals surface area contributed by atoms with E-state index in [1.165, 1.54) is 21.1 Å². The quantitative estimate of drug-likeness (QED) is 0.433. The molecule has 0 N–H and O–H groups in total. The third kappa shape index (κ3) is 2.60. The minimum absolute atomic E-state index is 0.153. The Morgan fingerprint density at radius 3 is 2.08 bits per heavy atom. The van der Waals surface area contributed by atoms with Gasteiger partial charge < -0.3 is 19.4 Å². The zero-order valence-corrected chi connectivity index (χ0v) is 7.09. The first-order valence-electron chi connectivity index (χ1n) is 3.17. The van der Waals surface area contributed by atoms with E-state index in [1.54, 1.807) is 0 Å². The zero-order chi connectivity index (χ0) is 9.72. The molecule has 5 heteroatoms. The molecule has 0 heterocycles. The number of halogens is 1. The Bertz CT molecular complexity index is 196. The van der Waals surface area contributed by atoms with Crippen molar-refractivity contribution >= 4 is 5.97 Å². The molecule has 0 saturated carbocycles. The molecule has 0 aromatic rings. The molecule has 0 bridgehead atoms. The van der Waals surface area contributed by atoms with E-state index in [2.05, 4.69) is 9.47 Å². The maximum atomic E-state index is 12.6. The number of hydrogen-bond acceptors (Lipinski definition) is 4. The second-order valence-electron chi connectivity index (χ2n) is 2.09. The lowest BCUT2D eigenvalue weighted by Crippen LogP contribution is -2.26. The van der Waals surface area contributed by atoms with Crippen LogP contribution in [0.15, 0.2) is 11.4 Å². The van der Waals surface area contributed by atoms with Gasteiger partial charge in [-0.3, -0.25) is 0 Å². The fraction of sp³-hybridized carbons (Fsp3) is 0.571. The van der Waals surface area contributed by atoms with Gasteiger partial charge in [0.1, 0.15) is 11.8 Å². The number of rotatable bonds is 4. The van der Waals surface area contributed by atoms with E-state index in [0.29, 0.717) is 0 Å². The Morgan fingerprint density at radius 1 is 1.42 bits per heavy atom. The van der Waals surface area contributed by atoms with Gasteiger partial charge in [0.05, 0.1) is 0 Å². The van der Waals surface area contributed by atoms with Gasteiger partial charge in [-0.15, -0.1) is 0 Å². The van der Waals surface area contributed by atoms with E-state index in [9.17, 15) is 14.3 Å². The summed E-state index contributed by atoms with van der Waals surface area (Å²) in [6, 6.07) is 0. The highest BCUT2D eigenvalue weighted by atomic mass is 19.1. The first-order chi connectivity index (χ1) is 5.54. The molecule has 0 radical (unpaired) electrons. The largest absolute Gasteiger partial charge is 0.542 e. The van der Waals surface area contributed by atoms with Crippen LogP contribution in [0.4, 0.5) is 4.39 Å². The fourth-order valence-corrected chi connectivity index (χ4v) is 0.714. The number of carbonyl (C=O) groups excluding carboxylic acids is 1. The monoisotopic (exact) mass is 177 g/mol. The van der Waals surface area contributed by atoms with Crippen LogP contribution < -0.4 is 5.11 Å². The highest BCUT2D eigenvalue weighted by molar-refractivity contribution is 5.82. The molecule has 0 aromatic heterocycles. The van der Waals surface area contributed by atoms with E-state index in [0.717, 1.165) is 0 Å². The second-order valence-corrected chi connectivity index (χ2v) is 2.09. The molecule has 0 unspecified atom stereocenters. The molecular formula is C7H10FO4-. The van der Waals surface area contributed by atoms with E-state index in [4.69, 9.17) is 0 Å². The van der Waals surface area contributed by atoms with Crippen LogP contribution >= 0.6 is 0 Å². The van der Waals surface area contributed by atoms with Gasteiger partial charge in [0.15, 0.2) is 6.29 Å². The van der Waals surface area contributed by atoms with Crippen molar-refractivity contribution in [3.8, 4) is 0 Å². The number of hydrogen-bond donors (Lipinski definition) is 0. The van der Waals surface area contributed by atoms with Crippen LogP contribution in [0.25, 0.3) is 0 Å². The van der Waals surface area contributed by atoms with Crippen LogP contribution in [-0.4, -0.2) is 26.5 Å². The van der Waals surface area contributed by atoms with Crippen molar-refractivity contribution in [2.24, 2.45) is 0 Å². The summed E-state index contributed by atoms with van der Waals surface area (Å²) in [6.45, 7) is 1.25. The van der Waals surface area contributed by atoms with Crippen LogP contribution in [0.1, 0.15) is 6.92 Å². The SMILES string of the molecule is COC(OC)/C(C)=C(\F)C(=O)[O-]. The minimum Gasteiger partial charge on any atom is -0.542 e. The normalized spacial score (nSPS) is 13.1.